The minimum absolute atomic E-state index is 0.0151. The van der Waals surface area contributed by atoms with Gasteiger partial charge in [-0.05, 0) is 236 Å². The normalized spacial score (nSPS) is 12.2. The van der Waals surface area contributed by atoms with Gasteiger partial charge in [0.05, 0.1) is 90.6 Å². The molecule has 0 unspecified atom stereocenters. The molecular weight excluding hydrogens is 1860 g/mol. The zero-order valence-corrected chi connectivity index (χ0v) is 81.6. The van der Waals surface area contributed by atoms with Crippen molar-refractivity contribution in [3.63, 3.8) is 0 Å². The molecule has 146 heavy (non-hydrogen) atoms. The highest BCUT2D eigenvalue weighted by Gasteiger charge is 2.27. The highest BCUT2D eigenvalue weighted by molar-refractivity contribution is 6.31. The predicted molar refractivity (Wildman–Crippen MR) is 581 cm³/mol. The zero-order chi connectivity index (χ0) is 102. The summed E-state index contributed by atoms with van der Waals surface area (Å²) in [5.74, 6) is 2.07. The summed E-state index contributed by atoms with van der Waals surface area (Å²) in [6, 6.07) is 78.2. The van der Waals surface area contributed by atoms with Crippen LogP contribution in [0.3, 0.4) is 0 Å². The Balaban J connectivity index is 0.000000115. The molecule has 20 aromatic rings. The van der Waals surface area contributed by atoms with Crippen LogP contribution in [0.1, 0.15) is 110 Å². The third-order valence-electron chi connectivity index (χ3n) is 25.6. The minimum Gasteiger partial charge on any atom is -0.346 e. The number of aromatic amines is 3. The van der Waals surface area contributed by atoms with Crippen LogP contribution in [0, 0.1) is 54.8 Å². The average molecular weight is 1960 g/mol. The monoisotopic (exact) mass is 1950 g/mol. The lowest BCUT2D eigenvalue weighted by molar-refractivity contribution is 0.306. The number of nitrogens with one attached hydrogen (secondary N) is 5. The van der Waals surface area contributed by atoms with E-state index in [4.69, 9.17) is 43.1 Å². The number of aryl methyl sites for hydroxylation is 2. The molecule has 6 aromatic carbocycles. The summed E-state index contributed by atoms with van der Waals surface area (Å²) in [4.78, 5) is 116. The SMILES string of the molecule is C=C1C=Cc2cc(-c3cc(C)c4ncccc4c3)c(-c3cccc(C#N)c3)nc2N1.C=C1C=Cc2cc(-c3ccc4ncccc4c3)c(-c3cccc(C#N)c3)nc2N1.Cc1c(C#N)cccc1-c1nc2[nH]ccc(=O)c2cc1-c1cc(Cl)c(=O)n(C(C)C)c1.Cc1ccn(-c2nc3[nH]ccc(=O)c3cc2-c2cc(Cl)c(=O)n(C(C)C)c2)n1.O=c1cc[nH]c2nc(-c3ccccc3)c(-c3ccc(=O)n(C4CCC4)c3)cc12. The maximum absolute atomic E-state index is 12.5. The minimum atomic E-state index is -0.281. The predicted octanol–water partition coefficient (Wildman–Crippen LogP) is 24.3. The Morgan fingerprint density at radius 3 is 1.49 bits per heavy atom. The third-order valence-corrected chi connectivity index (χ3v) is 26.1. The Morgan fingerprint density at radius 1 is 0.425 bits per heavy atom. The molecule has 0 bridgehead atoms. The van der Waals surface area contributed by atoms with Gasteiger partial charge in [-0.3, -0.25) is 38.7 Å². The molecule has 2 aliphatic heterocycles. The first-order valence-electron chi connectivity index (χ1n) is 47.0. The number of anilines is 2. The third kappa shape index (κ3) is 19.8. The van der Waals surface area contributed by atoms with Crippen molar-refractivity contribution in [1.29, 1.82) is 15.8 Å². The molecular formula is C118H90Cl2N20O6. The second-order valence-corrected chi connectivity index (χ2v) is 36.8. The first-order chi connectivity index (χ1) is 70.7. The molecule has 5 N–H and O–H groups in total. The number of halogens is 2. The first-order valence-corrected chi connectivity index (χ1v) is 47.8. The van der Waals surface area contributed by atoms with Crippen molar-refractivity contribution in [2.45, 2.75) is 85.9 Å². The molecule has 0 amide bonds. The van der Waals surface area contributed by atoms with Crippen molar-refractivity contribution >= 4 is 102 Å². The Kier molecular flexibility index (Phi) is 27.1. The van der Waals surface area contributed by atoms with E-state index in [2.05, 4.69) is 132 Å². The fraction of sp³-hybridized carbons (Fsp3) is 0.110. The molecule has 1 saturated carbocycles. The van der Waals surface area contributed by atoms with Gasteiger partial charge < -0.3 is 39.3 Å². The average Bonchev–Trinajstić information content (AvgIpc) is 0.933. The summed E-state index contributed by atoms with van der Waals surface area (Å²) < 4.78 is 6.59. The fourth-order valence-corrected chi connectivity index (χ4v) is 18.3. The van der Waals surface area contributed by atoms with Gasteiger partial charge in [0, 0.05) is 198 Å². The number of aromatic nitrogens is 15. The maximum Gasteiger partial charge on any atom is 0.269 e. The molecule has 0 atom stereocenters. The van der Waals surface area contributed by atoms with Crippen LogP contribution in [0.25, 0.3) is 174 Å². The Hall–Kier alpha value is -18.8. The van der Waals surface area contributed by atoms with Gasteiger partial charge in [-0.25, -0.2) is 29.6 Å². The number of hydrogen-bond donors (Lipinski definition) is 5. The molecule has 26 nitrogen and oxygen atoms in total. The molecule has 1 aliphatic carbocycles. The summed E-state index contributed by atoms with van der Waals surface area (Å²) in [6.07, 6.45) is 26.7. The number of nitriles is 3. The first kappa shape index (κ1) is 96.1. The number of allylic oxidation sites excluding steroid dienone is 2. The number of H-pyrrole nitrogens is 3. The Labute approximate surface area is 846 Å². The van der Waals surface area contributed by atoms with Gasteiger partial charge in [-0.2, -0.15) is 20.9 Å². The van der Waals surface area contributed by atoms with Gasteiger partial charge in [-0.1, -0.05) is 121 Å². The van der Waals surface area contributed by atoms with E-state index in [1.165, 1.54) is 18.2 Å². The molecule has 0 spiro atoms. The summed E-state index contributed by atoms with van der Waals surface area (Å²) in [5.41, 5.74) is 25.6. The van der Waals surface area contributed by atoms with E-state index in [0.717, 1.165) is 165 Å². The van der Waals surface area contributed by atoms with E-state index in [0.29, 0.717) is 83.6 Å². The van der Waals surface area contributed by atoms with Gasteiger partial charge in [0.25, 0.3) is 16.7 Å². The standard InChI is InChI=1S/C26H18N4.C25H16N4.C24H19ClN4O2.C23H19N3O2.C20H18ClN5O2/c1-16-11-22(13-20-7-4-10-28-24(16)20)23-14-21-9-8-17(2)29-26(21)30-25(23)19-6-3-5-18(12-19)15-27;1-16-7-8-21-14-22(18-9-10-23-19(13-18)6-3-11-27-23)24(29-25(21)28-16)20-5-2-4-17(12-20)15-26;1-13(2)29-12-16(9-20(25)24(29)31)18-10-19-21(30)7-8-27-23(19)28-22(18)17-6-4-5-15(11-26)14(17)3;27-20-11-12-24-23-19(20)13-18(22(25-23)15-5-2-1-3-6-15)16-9-10-21(28)26(14-16)17-7-4-8-17;1-11(2)25-10-13(8-16(21)20(25)28)14-9-15-17(27)4-6-22-18(15)23-19(14)26-7-5-12(3)24-26/h3-14H,2H2,1H3,(H,29,30);2-14H,1H2,(H,28,29);4-10,12-13H,1-3H3,(H,27,28,30);1-3,5-6,9-14,17H,4,7-8H2,(H,24,25,27);4-11H,1-3H3,(H,22,23,27). The lowest BCUT2D eigenvalue weighted by atomic mass is 9.92. The Morgan fingerprint density at radius 2 is 0.932 bits per heavy atom. The van der Waals surface area contributed by atoms with Crippen LogP contribution in [0.4, 0.5) is 11.6 Å². The lowest BCUT2D eigenvalue weighted by Gasteiger charge is -2.28. The van der Waals surface area contributed by atoms with E-state index in [9.17, 15) is 44.6 Å². The van der Waals surface area contributed by atoms with Crippen molar-refractivity contribution in [3.05, 3.63) is 439 Å². The topological polar surface area (TPSA) is 368 Å². The van der Waals surface area contributed by atoms with Crippen molar-refractivity contribution in [1.82, 2.24) is 73.3 Å². The second-order valence-electron chi connectivity index (χ2n) is 36.0. The molecule has 712 valence electrons. The molecule has 0 radical (unpaired) electrons. The van der Waals surface area contributed by atoms with Crippen LogP contribution >= 0.6 is 23.2 Å². The van der Waals surface area contributed by atoms with E-state index >= 15 is 0 Å². The van der Waals surface area contributed by atoms with Crippen LogP contribution < -0.4 is 43.6 Å². The molecule has 23 rings (SSSR count). The maximum atomic E-state index is 12.5. The van der Waals surface area contributed by atoms with Crippen molar-refractivity contribution in [2.24, 2.45) is 0 Å². The van der Waals surface area contributed by atoms with Crippen LogP contribution in [0.5, 0.6) is 0 Å². The van der Waals surface area contributed by atoms with Crippen LogP contribution in [-0.2, 0) is 0 Å². The summed E-state index contributed by atoms with van der Waals surface area (Å²) in [6.45, 7) is 21.4. The van der Waals surface area contributed by atoms with E-state index < -0.39 is 0 Å². The van der Waals surface area contributed by atoms with E-state index in [1.54, 1.807) is 112 Å². The summed E-state index contributed by atoms with van der Waals surface area (Å²) in [5, 5.41) is 42.9. The quantitative estimate of drug-likeness (QED) is 0.0716. The number of fused-ring (bicyclic) bond motifs is 7. The molecule has 3 aliphatic rings. The van der Waals surface area contributed by atoms with Crippen LogP contribution in [0.15, 0.2) is 352 Å². The highest BCUT2D eigenvalue weighted by Crippen LogP contribution is 2.43. The zero-order valence-electron chi connectivity index (χ0n) is 80.1. The van der Waals surface area contributed by atoms with E-state index in [1.807, 2.05) is 192 Å². The smallest absolute Gasteiger partial charge is 0.269 e. The largest absolute Gasteiger partial charge is 0.346 e. The fourth-order valence-electron chi connectivity index (χ4n) is 17.9. The Bertz CT molecular complexity index is 9350. The molecule has 14 aromatic heterocycles. The molecule has 1 fully saturated rings. The van der Waals surface area contributed by atoms with Gasteiger partial charge in [-0.15, -0.1) is 0 Å². The van der Waals surface area contributed by atoms with Crippen molar-refractivity contribution in [2.75, 3.05) is 10.6 Å². The number of hydrogen-bond acceptors (Lipinski definition) is 19. The second kappa shape index (κ2) is 41.2. The molecule has 28 heteroatoms. The highest BCUT2D eigenvalue weighted by atomic mass is 35.5. The van der Waals surface area contributed by atoms with Gasteiger partial charge in [0.15, 0.2) is 22.1 Å². The van der Waals surface area contributed by atoms with Gasteiger partial charge >= 0.3 is 0 Å². The lowest BCUT2D eigenvalue weighted by Crippen LogP contribution is -2.27. The number of benzene rings is 6. The van der Waals surface area contributed by atoms with Crippen molar-refractivity contribution < 1.29 is 0 Å². The van der Waals surface area contributed by atoms with Crippen LogP contribution in [0.2, 0.25) is 10.0 Å². The number of pyridine rings is 13. The number of rotatable bonds is 13. The van der Waals surface area contributed by atoms with Crippen LogP contribution in [-0.4, -0.2) is 73.3 Å². The van der Waals surface area contributed by atoms with Gasteiger partial charge in [0.2, 0.25) is 0 Å². The van der Waals surface area contributed by atoms with Crippen molar-refractivity contribution in [3.8, 4) is 125 Å². The van der Waals surface area contributed by atoms with Gasteiger partial charge in [0.1, 0.15) is 38.6 Å². The summed E-state index contributed by atoms with van der Waals surface area (Å²) >= 11 is 12.5. The molecule has 16 heterocycles. The molecule has 0 saturated heterocycles. The van der Waals surface area contributed by atoms with E-state index in [-0.39, 0.29) is 61.1 Å². The summed E-state index contributed by atoms with van der Waals surface area (Å²) in [7, 11) is 0. The number of nitrogens with zero attached hydrogens (tertiary/aromatic N) is 15.